The minimum absolute atomic E-state index is 0.0842. The Kier molecular flexibility index (Phi) is 5.28. The highest BCUT2D eigenvalue weighted by atomic mass is 35.5. The van der Waals surface area contributed by atoms with Gasteiger partial charge in [-0.25, -0.2) is 9.37 Å². The molecule has 1 aliphatic rings. The molecule has 1 saturated heterocycles. The van der Waals surface area contributed by atoms with Crippen LogP contribution in [-0.4, -0.2) is 34.8 Å². The van der Waals surface area contributed by atoms with Crippen molar-refractivity contribution in [2.75, 3.05) is 18.4 Å². The number of nitrogens with zero attached hydrogens (tertiary/aromatic N) is 2. The number of nitrogens with one attached hydrogen (secondary N) is 1. The summed E-state index contributed by atoms with van der Waals surface area (Å²) in [6, 6.07) is 10.9. The van der Waals surface area contributed by atoms with Crippen molar-refractivity contribution in [3.8, 4) is 0 Å². The first-order valence-electron chi connectivity index (χ1n) is 8.91. The van der Waals surface area contributed by atoms with Gasteiger partial charge in [0.25, 0.3) is 5.91 Å². The van der Waals surface area contributed by atoms with E-state index in [0.717, 1.165) is 10.2 Å². The van der Waals surface area contributed by atoms with Gasteiger partial charge in [0.1, 0.15) is 5.82 Å². The fourth-order valence-corrected chi connectivity index (χ4v) is 4.42. The fourth-order valence-electron chi connectivity index (χ4n) is 3.28. The lowest BCUT2D eigenvalue weighted by Gasteiger charge is -2.31. The summed E-state index contributed by atoms with van der Waals surface area (Å²) in [5, 5.41) is 4.06. The zero-order valence-corrected chi connectivity index (χ0v) is 16.4. The molecule has 0 unspecified atom stereocenters. The van der Waals surface area contributed by atoms with Crippen LogP contribution in [0.3, 0.4) is 0 Å². The summed E-state index contributed by atoms with van der Waals surface area (Å²) in [5.74, 6) is -0.766. The van der Waals surface area contributed by atoms with E-state index in [1.54, 1.807) is 11.0 Å². The smallest absolute Gasteiger partial charge is 0.253 e. The summed E-state index contributed by atoms with van der Waals surface area (Å²) in [5.41, 5.74) is 1.25. The maximum absolute atomic E-state index is 13.0. The summed E-state index contributed by atoms with van der Waals surface area (Å²) in [6.07, 6.45) is 1.16. The molecule has 8 heteroatoms. The highest BCUT2D eigenvalue weighted by Gasteiger charge is 2.28. The number of rotatable bonds is 3. The largest absolute Gasteiger partial charge is 0.339 e. The molecule has 0 bridgehead atoms. The van der Waals surface area contributed by atoms with Crippen LogP contribution in [-0.2, 0) is 4.79 Å². The summed E-state index contributed by atoms with van der Waals surface area (Å²) in [6.45, 7) is 0.980. The second-order valence-corrected chi connectivity index (χ2v) is 8.16. The van der Waals surface area contributed by atoms with Crippen LogP contribution in [0, 0.1) is 11.7 Å². The number of likely N-dealkylation sites (tertiary alicyclic amines) is 1. The Hall–Kier alpha value is -2.51. The maximum atomic E-state index is 13.0. The van der Waals surface area contributed by atoms with E-state index >= 15 is 0 Å². The van der Waals surface area contributed by atoms with Crippen LogP contribution < -0.4 is 5.32 Å². The fraction of sp³-hybridized carbons (Fsp3) is 0.250. The van der Waals surface area contributed by atoms with E-state index in [1.807, 2.05) is 12.1 Å². The van der Waals surface area contributed by atoms with Crippen molar-refractivity contribution in [2.24, 2.45) is 5.92 Å². The number of aromatic nitrogens is 1. The Labute approximate surface area is 170 Å². The Bertz CT molecular complexity index is 1030. The van der Waals surface area contributed by atoms with E-state index < -0.39 is 0 Å². The molecule has 1 fully saturated rings. The van der Waals surface area contributed by atoms with Gasteiger partial charge in [-0.05, 0) is 55.3 Å². The van der Waals surface area contributed by atoms with E-state index in [1.165, 1.54) is 35.6 Å². The van der Waals surface area contributed by atoms with Crippen molar-refractivity contribution in [1.82, 2.24) is 9.88 Å². The van der Waals surface area contributed by atoms with Gasteiger partial charge in [0, 0.05) is 29.6 Å². The van der Waals surface area contributed by atoms with Crippen LogP contribution in [0.2, 0.25) is 5.02 Å². The van der Waals surface area contributed by atoms with Crippen LogP contribution >= 0.6 is 22.9 Å². The van der Waals surface area contributed by atoms with Gasteiger partial charge in [0.2, 0.25) is 5.91 Å². The topological polar surface area (TPSA) is 62.3 Å². The molecule has 5 nitrogen and oxygen atoms in total. The van der Waals surface area contributed by atoms with Gasteiger partial charge in [-0.2, -0.15) is 0 Å². The number of halogens is 2. The molecule has 4 rings (SSSR count). The van der Waals surface area contributed by atoms with Gasteiger partial charge in [-0.3, -0.25) is 9.59 Å². The second-order valence-electron chi connectivity index (χ2n) is 6.69. The Morgan fingerprint density at radius 3 is 2.57 bits per heavy atom. The Balaban J connectivity index is 1.35. The van der Waals surface area contributed by atoms with Gasteiger partial charge in [0.05, 0.1) is 10.2 Å². The molecule has 2 aromatic carbocycles. The molecule has 0 spiro atoms. The zero-order chi connectivity index (χ0) is 19.7. The lowest BCUT2D eigenvalue weighted by Crippen LogP contribution is -2.41. The summed E-state index contributed by atoms with van der Waals surface area (Å²) in [4.78, 5) is 31.2. The first-order chi connectivity index (χ1) is 13.5. The quantitative estimate of drug-likeness (QED) is 0.678. The first kappa shape index (κ1) is 18.8. The summed E-state index contributed by atoms with van der Waals surface area (Å²) >= 11 is 7.37. The number of carbonyl (C=O) groups excluding carboxylic acids is 2. The molecular weight excluding hydrogens is 401 g/mol. The van der Waals surface area contributed by atoms with Crippen LogP contribution in [0.4, 0.5) is 9.52 Å². The number of fused-ring (bicyclic) bond motifs is 1. The van der Waals surface area contributed by atoms with Gasteiger partial charge >= 0.3 is 0 Å². The molecular formula is C20H17ClFN3O2S. The number of anilines is 1. The normalized spacial score (nSPS) is 15.0. The van der Waals surface area contributed by atoms with Crippen molar-refractivity contribution in [3.63, 3.8) is 0 Å². The van der Waals surface area contributed by atoms with Crippen molar-refractivity contribution in [3.05, 3.63) is 58.9 Å². The second kappa shape index (κ2) is 7.85. The molecule has 1 aliphatic heterocycles. The van der Waals surface area contributed by atoms with Gasteiger partial charge in [0.15, 0.2) is 5.13 Å². The van der Waals surface area contributed by atoms with Crippen molar-refractivity contribution in [1.29, 1.82) is 0 Å². The van der Waals surface area contributed by atoms with Gasteiger partial charge in [-0.1, -0.05) is 22.9 Å². The Morgan fingerprint density at radius 1 is 1.14 bits per heavy atom. The highest BCUT2D eigenvalue weighted by Crippen LogP contribution is 2.29. The molecule has 0 atom stereocenters. The standard InChI is InChI=1S/C20H17ClFN3O2S/c21-14-3-6-16-17(11-14)28-20(23-16)24-18(26)12-7-9-25(10-8-12)19(27)13-1-4-15(22)5-2-13/h1-6,11-12H,7-10H2,(H,23,24,26). The van der Waals surface area contributed by atoms with Crippen LogP contribution in [0.5, 0.6) is 0 Å². The molecule has 3 aromatic rings. The molecule has 2 amide bonds. The molecule has 0 aliphatic carbocycles. The van der Waals surface area contributed by atoms with Crippen molar-refractivity contribution < 1.29 is 14.0 Å². The third kappa shape index (κ3) is 4.00. The summed E-state index contributed by atoms with van der Waals surface area (Å²) < 4.78 is 13.9. The molecule has 0 radical (unpaired) electrons. The van der Waals surface area contributed by atoms with Crippen molar-refractivity contribution in [2.45, 2.75) is 12.8 Å². The minimum atomic E-state index is -0.371. The lowest BCUT2D eigenvalue weighted by molar-refractivity contribution is -0.121. The average Bonchev–Trinajstić information content (AvgIpc) is 3.09. The molecule has 1 aromatic heterocycles. The van der Waals surface area contributed by atoms with Crippen LogP contribution in [0.25, 0.3) is 10.2 Å². The molecule has 1 N–H and O–H groups in total. The van der Waals surface area contributed by atoms with E-state index in [9.17, 15) is 14.0 Å². The summed E-state index contributed by atoms with van der Waals surface area (Å²) in [7, 11) is 0. The third-order valence-corrected chi connectivity index (χ3v) is 5.99. The van der Waals surface area contributed by atoms with E-state index in [0.29, 0.717) is 41.6 Å². The van der Waals surface area contributed by atoms with E-state index in [2.05, 4.69) is 10.3 Å². The van der Waals surface area contributed by atoms with Gasteiger partial charge < -0.3 is 10.2 Å². The van der Waals surface area contributed by atoms with Crippen molar-refractivity contribution >= 4 is 50.1 Å². The average molecular weight is 418 g/mol. The monoisotopic (exact) mass is 417 g/mol. The predicted molar refractivity (Wildman–Crippen MR) is 108 cm³/mol. The number of thiazole rings is 1. The zero-order valence-electron chi connectivity index (χ0n) is 14.8. The lowest BCUT2D eigenvalue weighted by atomic mass is 9.95. The SMILES string of the molecule is O=C(Nc1nc2ccc(Cl)cc2s1)C1CCN(C(=O)c2ccc(F)cc2)CC1. The van der Waals surface area contributed by atoms with Crippen LogP contribution in [0.1, 0.15) is 23.2 Å². The number of hydrogen-bond acceptors (Lipinski definition) is 4. The first-order valence-corrected chi connectivity index (χ1v) is 10.1. The number of benzene rings is 2. The third-order valence-electron chi connectivity index (χ3n) is 4.82. The predicted octanol–water partition coefficient (Wildman–Crippen LogP) is 4.58. The van der Waals surface area contributed by atoms with Gasteiger partial charge in [-0.15, -0.1) is 0 Å². The number of carbonyl (C=O) groups is 2. The maximum Gasteiger partial charge on any atom is 0.253 e. The number of piperidine rings is 1. The molecule has 2 heterocycles. The van der Waals surface area contributed by atoms with E-state index in [4.69, 9.17) is 11.6 Å². The molecule has 144 valence electrons. The van der Waals surface area contributed by atoms with E-state index in [-0.39, 0.29) is 23.5 Å². The molecule has 0 saturated carbocycles. The molecule has 28 heavy (non-hydrogen) atoms. The minimum Gasteiger partial charge on any atom is -0.339 e. The van der Waals surface area contributed by atoms with Crippen LogP contribution in [0.15, 0.2) is 42.5 Å². The number of hydrogen-bond donors (Lipinski definition) is 1. The Morgan fingerprint density at radius 2 is 1.86 bits per heavy atom. The number of amides is 2. The highest BCUT2D eigenvalue weighted by molar-refractivity contribution is 7.22.